The Morgan fingerprint density at radius 2 is 2.12 bits per heavy atom. The summed E-state index contributed by atoms with van der Waals surface area (Å²) in [5.74, 6) is 1.23. The average molecular weight is 217 g/mol. The summed E-state index contributed by atoms with van der Waals surface area (Å²) in [7, 11) is 0. The molecule has 0 aromatic heterocycles. The Bertz CT molecular complexity index is 412. The summed E-state index contributed by atoms with van der Waals surface area (Å²) in [6, 6.07) is 7.99. The maximum Gasteiger partial charge on any atom is 0.229 e. The number of rotatable bonds is 1. The van der Waals surface area contributed by atoms with Crippen LogP contribution in [0.3, 0.4) is 0 Å². The van der Waals surface area contributed by atoms with Gasteiger partial charge in [-0.1, -0.05) is 18.2 Å². The lowest BCUT2D eigenvalue weighted by molar-refractivity contribution is -0.140. The van der Waals surface area contributed by atoms with Gasteiger partial charge >= 0.3 is 0 Å². The van der Waals surface area contributed by atoms with Crippen LogP contribution in [0.4, 0.5) is 0 Å². The molecule has 3 heteroatoms. The van der Waals surface area contributed by atoms with E-state index in [1.54, 1.807) is 0 Å². The molecule has 1 fully saturated rings. The second-order valence-corrected chi connectivity index (χ2v) is 4.50. The number of para-hydroxylation sites is 1. The summed E-state index contributed by atoms with van der Waals surface area (Å²) in [5, 5.41) is 0. The Morgan fingerprint density at radius 3 is 2.88 bits per heavy atom. The Balaban J connectivity index is 1.74. The van der Waals surface area contributed by atoms with Crippen molar-refractivity contribution in [2.75, 3.05) is 19.7 Å². The molecule has 3 rings (SSSR count). The largest absolute Gasteiger partial charge is 0.492 e. The standard InChI is InChI=1S/C13H15NO2/c15-13(14-6-3-7-14)11-8-10-4-1-2-5-12(10)16-9-11/h1-2,4-5,11H,3,6-9H2. The summed E-state index contributed by atoms with van der Waals surface area (Å²) in [5.41, 5.74) is 1.16. The Hall–Kier alpha value is -1.51. The molecule has 84 valence electrons. The molecule has 1 saturated heterocycles. The first kappa shape index (κ1) is 9.70. The summed E-state index contributed by atoms with van der Waals surface area (Å²) in [6.45, 7) is 2.39. The van der Waals surface area contributed by atoms with Gasteiger partial charge in [0.2, 0.25) is 5.91 Å². The van der Waals surface area contributed by atoms with E-state index in [1.165, 1.54) is 0 Å². The van der Waals surface area contributed by atoms with Crippen LogP contribution in [0, 0.1) is 5.92 Å². The molecule has 0 saturated carbocycles. The SMILES string of the molecule is O=C(C1COc2ccccc2C1)N1CCC1. The number of fused-ring (bicyclic) bond motifs is 1. The fourth-order valence-electron chi connectivity index (χ4n) is 2.28. The third-order valence-corrected chi connectivity index (χ3v) is 3.40. The van der Waals surface area contributed by atoms with Crippen molar-refractivity contribution in [1.82, 2.24) is 4.90 Å². The first-order valence-electron chi connectivity index (χ1n) is 5.84. The first-order valence-corrected chi connectivity index (χ1v) is 5.84. The highest BCUT2D eigenvalue weighted by molar-refractivity contribution is 5.80. The smallest absolute Gasteiger partial charge is 0.229 e. The van der Waals surface area contributed by atoms with E-state index >= 15 is 0 Å². The Kier molecular flexibility index (Phi) is 2.31. The van der Waals surface area contributed by atoms with Crippen LogP contribution in [0.5, 0.6) is 5.75 Å². The number of benzene rings is 1. The van der Waals surface area contributed by atoms with Crippen molar-refractivity contribution in [2.45, 2.75) is 12.8 Å². The highest BCUT2D eigenvalue weighted by Gasteiger charge is 2.31. The van der Waals surface area contributed by atoms with Gasteiger partial charge in [0.15, 0.2) is 0 Å². The van der Waals surface area contributed by atoms with Crippen molar-refractivity contribution in [3.05, 3.63) is 29.8 Å². The number of likely N-dealkylation sites (tertiary alicyclic amines) is 1. The van der Waals surface area contributed by atoms with Crippen molar-refractivity contribution in [1.29, 1.82) is 0 Å². The maximum absolute atomic E-state index is 12.0. The van der Waals surface area contributed by atoms with Crippen molar-refractivity contribution in [3.8, 4) is 5.75 Å². The lowest BCUT2D eigenvalue weighted by Crippen LogP contribution is -2.47. The van der Waals surface area contributed by atoms with Gasteiger partial charge in [-0.25, -0.2) is 0 Å². The van der Waals surface area contributed by atoms with Gasteiger partial charge in [0.05, 0.1) is 5.92 Å². The predicted molar refractivity (Wildman–Crippen MR) is 60.3 cm³/mol. The minimum absolute atomic E-state index is 0.0233. The first-order chi connectivity index (χ1) is 7.84. The summed E-state index contributed by atoms with van der Waals surface area (Å²) < 4.78 is 5.63. The van der Waals surface area contributed by atoms with Crippen LogP contribution in [0.2, 0.25) is 0 Å². The van der Waals surface area contributed by atoms with Crippen molar-refractivity contribution < 1.29 is 9.53 Å². The Labute approximate surface area is 95.0 Å². The summed E-state index contributed by atoms with van der Waals surface area (Å²) in [6.07, 6.45) is 1.97. The molecule has 1 aromatic carbocycles. The maximum atomic E-state index is 12.0. The van der Waals surface area contributed by atoms with Crippen LogP contribution in [0.25, 0.3) is 0 Å². The highest BCUT2D eigenvalue weighted by atomic mass is 16.5. The fraction of sp³-hybridized carbons (Fsp3) is 0.462. The zero-order chi connectivity index (χ0) is 11.0. The lowest BCUT2D eigenvalue weighted by Gasteiger charge is -2.35. The molecule has 1 amide bonds. The number of amides is 1. The number of hydrogen-bond acceptors (Lipinski definition) is 2. The number of nitrogens with zero attached hydrogens (tertiary/aromatic N) is 1. The lowest BCUT2D eigenvalue weighted by atomic mass is 9.94. The van der Waals surface area contributed by atoms with Gasteiger partial charge in [0, 0.05) is 13.1 Å². The van der Waals surface area contributed by atoms with E-state index < -0.39 is 0 Å². The second kappa shape index (κ2) is 3.81. The molecule has 2 aliphatic heterocycles. The summed E-state index contributed by atoms with van der Waals surface area (Å²) in [4.78, 5) is 14.0. The van der Waals surface area contributed by atoms with E-state index in [1.807, 2.05) is 29.2 Å². The number of ether oxygens (including phenoxy) is 1. The number of carbonyl (C=O) groups is 1. The molecule has 2 heterocycles. The van der Waals surface area contributed by atoms with Gasteiger partial charge < -0.3 is 9.64 Å². The van der Waals surface area contributed by atoms with Gasteiger partial charge in [-0.05, 0) is 24.5 Å². The zero-order valence-electron chi connectivity index (χ0n) is 9.19. The van der Waals surface area contributed by atoms with E-state index in [0.29, 0.717) is 6.61 Å². The van der Waals surface area contributed by atoms with E-state index in [9.17, 15) is 4.79 Å². The normalized spacial score (nSPS) is 23.0. The van der Waals surface area contributed by atoms with E-state index in [-0.39, 0.29) is 11.8 Å². The van der Waals surface area contributed by atoms with E-state index in [4.69, 9.17) is 4.74 Å². The van der Waals surface area contributed by atoms with Crippen LogP contribution >= 0.6 is 0 Å². The van der Waals surface area contributed by atoms with Gasteiger partial charge in [-0.15, -0.1) is 0 Å². The minimum atomic E-state index is 0.0233. The molecule has 3 nitrogen and oxygen atoms in total. The molecular weight excluding hydrogens is 202 g/mol. The van der Waals surface area contributed by atoms with Gasteiger partial charge in [-0.3, -0.25) is 4.79 Å². The molecule has 16 heavy (non-hydrogen) atoms. The number of carbonyl (C=O) groups excluding carboxylic acids is 1. The van der Waals surface area contributed by atoms with Crippen LogP contribution < -0.4 is 4.74 Å². The van der Waals surface area contributed by atoms with E-state index in [0.717, 1.165) is 37.2 Å². The minimum Gasteiger partial charge on any atom is -0.492 e. The van der Waals surface area contributed by atoms with E-state index in [2.05, 4.69) is 0 Å². The fourth-order valence-corrected chi connectivity index (χ4v) is 2.28. The molecule has 1 unspecified atom stereocenters. The molecule has 1 atom stereocenters. The molecule has 1 aromatic rings. The van der Waals surface area contributed by atoms with Crippen LogP contribution in [0.15, 0.2) is 24.3 Å². The molecule has 0 N–H and O–H groups in total. The van der Waals surface area contributed by atoms with Crippen LogP contribution in [-0.2, 0) is 11.2 Å². The monoisotopic (exact) mass is 217 g/mol. The zero-order valence-corrected chi connectivity index (χ0v) is 9.19. The van der Waals surface area contributed by atoms with Gasteiger partial charge in [-0.2, -0.15) is 0 Å². The third kappa shape index (κ3) is 1.56. The molecule has 2 aliphatic rings. The van der Waals surface area contributed by atoms with Crippen molar-refractivity contribution >= 4 is 5.91 Å². The highest BCUT2D eigenvalue weighted by Crippen LogP contribution is 2.28. The quantitative estimate of drug-likeness (QED) is 0.713. The predicted octanol–water partition coefficient (Wildman–Crippen LogP) is 1.47. The second-order valence-electron chi connectivity index (χ2n) is 4.50. The molecular formula is C13H15NO2. The molecule has 0 spiro atoms. The van der Waals surface area contributed by atoms with Crippen molar-refractivity contribution in [3.63, 3.8) is 0 Å². The molecule has 0 bridgehead atoms. The number of hydrogen-bond donors (Lipinski definition) is 0. The van der Waals surface area contributed by atoms with Crippen LogP contribution in [0.1, 0.15) is 12.0 Å². The molecule has 0 radical (unpaired) electrons. The topological polar surface area (TPSA) is 29.5 Å². The average Bonchev–Trinajstić information content (AvgIpc) is 2.26. The van der Waals surface area contributed by atoms with Crippen molar-refractivity contribution in [2.24, 2.45) is 5.92 Å². The third-order valence-electron chi connectivity index (χ3n) is 3.40. The van der Waals surface area contributed by atoms with Gasteiger partial charge in [0.1, 0.15) is 12.4 Å². The van der Waals surface area contributed by atoms with Crippen LogP contribution in [-0.4, -0.2) is 30.5 Å². The van der Waals surface area contributed by atoms with Gasteiger partial charge in [0.25, 0.3) is 0 Å². The Morgan fingerprint density at radius 1 is 1.31 bits per heavy atom. The summed E-state index contributed by atoms with van der Waals surface area (Å²) >= 11 is 0. The molecule has 0 aliphatic carbocycles.